The molecule has 0 aliphatic carbocycles. The fraction of sp³-hybridized carbons (Fsp3) is 0.222. The van der Waals surface area contributed by atoms with Crippen LogP contribution in [0.5, 0.6) is 11.5 Å². The lowest BCUT2D eigenvalue weighted by Gasteiger charge is -2.16. The first-order valence-electron chi connectivity index (χ1n) is 7.95. The van der Waals surface area contributed by atoms with E-state index in [9.17, 15) is 4.39 Å². The van der Waals surface area contributed by atoms with Crippen molar-refractivity contribution in [1.82, 2.24) is 5.43 Å². The van der Waals surface area contributed by atoms with E-state index in [4.69, 9.17) is 26.9 Å². The summed E-state index contributed by atoms with van der Waals surface area (Å²) in [6.45, 7) is 0. The van der Waals surface area contributed by atoms with Gasteiger partial charge in [-0.1, -0.05) is 23.7 Å². The highest BCUT2D eigenvalue weighted by molar-refractivity contribution is 6.32. The minimum absolute atomic E-state index is 0.379. The average molecular weight is 379 g/mol. The summed E-state index contributed by atoms with van der Waals surface area (Å²) in [6, 6.07) is 8.62. The molecule has 1 aliphatic rings. The average Bonchev–Trinajstić information content (AvgIpc) is 3.07. The SMILES string of the molecule is COc1cc(F)c2c(c1)NC(/C(=C/Cc1ccc(OC)c(Cl)c1)NN)N2. The lowest BCUT2D eigenvalue weighted by atomic mass is 10.1. The molecule has 26 heavy (non-hydrogen) atoms. The van der Waals surface area contributed by atoms with Gasteiger partial charge in [-0.15, -0.1) is 0 Å². The van der Waals surface area contributed by atoms with E-state index in [2.05, 4.69) is 16.1 Å². The van der Waals surface area contributed by atoms with E-state index in [0.717, 1.165) is 5.56 Å². The molecule has 0 saturated heterocycles. The molecule has 0 spiro atoms. The number of halogens is 2. The molecule has 0 fully saturated rings. The summed E-state index contributed by atoms with van der Waals surface area (Å²) in [4.78, 5) is 0. The lowest BCUT2D eigenvalue weighted by Crippen LogP contribution is -2.36. The minimum Gasteiger partial charge on any atom is -0.497 e. The summed E-state index contributed by atoms with van der Waals surface area (Å²) in [6.07, 6.45) is 2.11. The molecule has 1 unspecified atom stereocenters. The van der Waals surface area contributed by atoms with Crippen molar-refractivity contribution in [2.24, 2.45) is 5.84 Å². The highest BCUT2D eigenvalue weighted by atomic mass is 35.5. The minimum atomic E-state index is -0.396. The van der Waals surface area contributed by atoms with Gasteiger partial charge in [0.1, 0.15) is 17.7 Å². The Bertz CT molecular complexity index is 844. The Morgan fingerprint density at radius 2 is 2.08 bits per heavy atom. The van der Waals surface area contributed by atoms with Crippen molar-refractivity contribution in [2.45, 2.75) is 12.6 Å². The standard InChI is InChI=1S/C18H20ClFN4O2/c1-25-11-8-13(20)17-15(9-11)22-18(23-17)14(24-21)5-3-10-4-6-16(26-2)12(19)7-10/h4-9,18,22-24H,3,21H2,1-2H3/b14-5-. The Kier molecular flexibility index (Phi) is 5.39. The van der Waals surface area contributed by atoms with Gasteiger partial charge in [0.15, 0.2) is 5.82 Å². The summed E-state index contributed by atoms with van der Waals surface area (Å²) in [5, 5.41) is 6.79. The van der Waals surface area contributed by atoms with E-state index in [0.29, 0.717) is 40.0 Å². The van der Waals surface area contributed by atoms with Crippen LogP contribution in [0.2, 0.25) is 5.02 Å². The second kappa shape index (κ2) is 7.72. The fourth-order valence-corrected chi connectivity index (χ4v) is 3.06. The van der Waals surface area contributed by atoms with Crippen molar-refractivity contribution >= 4 is 23.0 Å². The Balaban J connectivity index is 1.76. The van der Waals surface area contributed by atoms with Crippen LogP contribution in [0.25, 0.3) is 0 Å². The quantitative estimate of drug-likeness (QED) is 0.456. The van der Waals surface area contributed by atoms with E-state index in [1.54, 1.807) is 13.2 Å². The van der Waals surface area contributed by atoms with Crippen LogP contribution >= 0.6 is 11.6 Å². The second-order valence-electron chi connectivity index (χ2n) is 5.73. The van der Waals surface area contributed by atoms with E-state index < -0.39 is 5.82 Å². The van der Waals surface area contributed by atoms with E-state index >= 15 is 0 Å². The molecule has 1 atom stereocenters. The maximum absolute atomic E-state index is 14.2. The summed E-state index contributed by atoms with van der Waals surface area (Å²) in [5.74, 6) is 6.32. The topological polar surface area (TPSA) is 80.6 Å². The number of hydrazine groups is 1. The maximum Gasteiger partial charge on any atom is 0.152 e. The van der Waals surface area contributed by atoms with Gasteiger partial charge >= 0.3 is 0 Å². The highest BCUT2D eigenvalue weighted by Crippen LogP contribution is 2.36. The Morgan fingerprint density at radius 1 is 1.27 bits per heavy atom. The lowest BCUT2D eigenvalue weighted by molar-refractivity contribution is 0.412. The summed E-state index contributed by atoms with van der Waals surface area (Å²) in [5.41, 5.74) is 5.31. The number of nitrogens with two attached hydrogens (primary N) is 1. The van der Waals surface area contributed by atoms with Gasteiger partial charge in [-0.3, -0.25) is 5.84 Å². The Hall–Kier alpha value is -2.64. The largest absolute Gasteiger partial charge is 0.497 e. The zero-order valence-corrected chi connectivity index (χ0v) is 15.2. The summed E-state index contributed by atoms with van der Waals surface area (Å²) >= 11 is 6.15. The van der Waals surface area contributed by atoms with Crippen molar-refractivity contribution in [3.05, 3.63) is 58.5 Å². The molecule has 5 N–H and O–H groups in total. The monoisotopic (exact) mass is 378 g/mol. The van der Waals surface area contributed by atoms with E-state index in [-0.39, 0.29) is 6.17 Å². The van der Waals surface area contributed by atoms with Crippen molar-refractivity contribution in [2.75, 3.05) is 24.9 Å². The molecule has 138 valence electrons. The van der Waals surface area contributed by atoms with Gasteiger partial charge in [-0.2, -0.15) is 0 Å². The fourth-order valence-electron chi connectivity index (χ4n) is 2.78. The number of benzene rings is 2. The number of nitrogens with one attached hydrogen (secondary N) is 3. The smallest absolute Gasteiger partial charge is 0.152 e. The van der Waals surface area contributed by atoms with Crippen LogP contribution in [0.4, 0.5) is 15.8 Å². The molecular weight excluding hydrogens is 359 g/mol. The number of rotatable bonds is 6. The third-order valence-electron chi connectivity index (χ3n) is 4.14. The number of hydrogen-bond acceptors (Lipinski definition) is 6. The van der Waals surface area contributed by atoms with Crippen molar-refractivity contribution in [1.29, 1.82) is 0 Å². The van der Waals surface area contributed by atoms with Crippen LogP contribution in [-0.4, -0.2) is 20.4 Å². The molecule has 0 amide bonds. The third kappa shape index (κ3) is 3.63. The molecule has 0 aromatic heterocycles. The van der Waals surface area contributed by atoms with Gasteiger partial charge in [-0.05, 0) is 24.1 Å². The van der Waals surface area contributed by atoms with E-state index in [1.807, 2.05) is 24.3 Å². The van der Waals surface area contributed by atoms with Crippen LogP contribution in [0.3, 0.4) is 0 Å². The van der Waals surface area contributed by atoms with Crippen molar-refractivity contribution in [3.8, 4) is 11.5 Å². The molecule has 1 aliphatic heterocycles. The zero-order valence-electron chi connectivity index (χ0n) is 14.4. The highest BCUT2D eigenvalue weighted by Gasteiger charge is 2.26. The zero-order chi connectivity index (χ0) is 18.7. The predicted octanol–water partition coefficient (Wildman–Crippen LogP) is 3.25. The van der Waals surface area contributed by atoms with Gasteiger partial charge < -0.3 is 25.5 Å². The first-order valence-corrected chi connectivity index (χ1v) is 8.33. The summed E-state index contributed by atoms with van der Waals surface area (Å²) in [7, 11) is 3.06. The number of ether oxygens (including phenoxy) is 2. The Labute approximate surface area is 156 Å². The molecular formula is C18H20ClFN4O2. The third-order valence-corrected chi connectivity index (χ3v) is 4.43. The van der Waals surface area contributed by atoms with E-state index in [1.165, 1.54) is 13.2 Å². The molecule has 6 nitrogen and oxygen atoms in total. The molecule has 1 heterocycles. The molecule has 8 heteroatoms. The van der Waals surface area contributed by atoms with Crippen LogP contribution in [0.1, 0.15) is 5.56 Å². The molecule has 0 saturated carbocycles. The Morgan fingerprint density at radius 3 is 2.73 bits per heavy atom. The number of hydrogen-bond donors (Lipinski definition) is 4. The molecule has 2 aromatic rings. The van der Waals surface area contributed by atoms with Crippen molar-refractivity contribution in [3.63, 3.8) is 0 Å². The molecule has 3 rings (SSSR count). The van der Waals surface area contributed by atoms with Gasteiger partial charge in [-0.25, -0.2) is 4.39 Å². The number of allylic oxidation sites excluding steroid dienone is 1. The summed E-state index contributed by atoms with van der Waals surface area (Å²) < 4.78 is 24.4. The van der Waals surface area contributed by atoms with Gasteiger partial charge in [0.25, 0.3) is 0 Å². The van der Waals surface area contributed by atoms with Crippen LogP contribution in [0.15, 0.2) is 42.1 Å². The van der Waals surface area contributed by atoms with Crippen LogP contribution < -0.4 is 31.4 Å². The predicted molar refractivity (Wildman–Crippen MR) is 101 cm³/mol. The molecule has 2 aromatic carbocycles. The first-order chi connectivity index (χ1) is 12.5. The second-order valence-corrected chi connectivity index (χ2v) is 6.14. The molecule has 0 radical (unpaired) electrons. The maximum atomic E-state index is 14.2. The van der Waals surface area contributed by atoms with Gasteiger partial charge in [0, 0.05) is 12.1 Å². The van der Waals surface area contributed by atoms with Gasteiger partial charge in [0.2, 0.25) is 0 Å². The molecule has 0 bridgehead atoms. The van der Waals surface area contributed by atoms with Gasteiger partial charge in [0.05, 0.1) is 36.3 Å². The number of anilines is 2. The van der Waals surface area contributed by atoms with Crippen LogP contribution in [-0.2, 0) is 6.42 Å². The van der Waals surface area contributed by atoms with Crippen molar-refractivity contribution < 1.29 is 13.9 Å². The van der Waals surface area contributed by atoms with Crippen LogP contribution in [0, 0.1) is 5.82 Å². The first kappa shape index (κ1) is 18.2. The normalized spacial score (nSPS) is 15.7. The number of fused-ring (bicyclic) bond motifs is 1. The number of methoxy groups -OCH3 is 2.